The molecule has 2 N–H and O–H groups in total. The largest absolute Gasteiger partial charge is 0.294 e. The number of rotatable bonds is 3. The van der Waals surface area contributed by atoms with E-state index in [1.54, 1.807) is 26.0 Å². The second-order valence-corrected chi connectivity index (χ2v) is 8.95. The Morgan fingerprint density at radius 1 is 1.08 bits per heavy atom. The molecule has 0 spiro atoms. The molecule has 128 valence electrons. The monoisotopic (exact) mass is 369 g/mol. The molecular weight excluding hydrogens is 354 g/mol. The molecule has 1 atom stereocenters. The van der Waals surface area contributed by atoms with Crippen molar-refractivity contribution in [2.75, 3.05) is 5.75 Å². The number of hydrogen-bond donors (Lipinski definition) is 2. The predicted molar refractivity (Wildman–Crippen MR) is 90.3 cm³/mol. The Hall–Kier alpha value is -1.81. The third kappa shape index (κ3) is 2.73. The second-order valence-electron chi connectivity index (χ2n) is 6.07. The molecule has 9 heteroatoms. The van der Waals surface area contributed by atoms with Gasteiger partial charge in [-0.15, -0.1) is 0 Å². The van der Waals surface area contributed by atoms with E-state index < -0.39 is 31.4 Å². The van der Waals surface area contributed by atoms with Crippen LogP contribution in [-0.2, 0) is 25.7 Å². The topological polar surface area (TPSA) is 121 Å². The highest BCUT2D eigenvalue weighted by Gasteiger charge is 2.41. The molecule has 0 bridgehead atoms. The molecule has 1 heterocycles. The van der Waals surface area contributed by atoms with Crippen LogP contribution in [0, 0.1) is 0 Å². The van der Waals surface area contributed by atoms with Gasteiger partial charge in [0.15, 0.2) is 0 Å². The summed E-state index contributed by atoms with van der Waals surface area (Å²) >= 11 is 0. The fourth-order valence-corrected chi connectivity index (χ4v) is 4.74. The zero-order valence-electron chi connectivity index (χ0n) is 12.9. The molecule has 0 fully saturated rings. The summed E-state index contributed by atoms with van der Waals surface area (Å²) < 4.78 is 64.4. The first-order valence-electron chi connectivity index (χ1n) is 6.97. The van der Waals surface area contributed by atoms with E-state index in [2.05, 4.69) is 4.99 Å². The molecule has 2 aromatic carbocycles. The Labute approximate surface area is 139 Å². The summed E-state index contributed by atoms with van der Waals surface area (Å²) in [6.45, 7) is 3.29. The Balaban J connectivity index is 2.37. The summed E-state index contributed by atoms with van der Waals surface area (Å²) in [6, 6.07) is 7.54. The summed E-state index contributed by atoms with van der Waals surface area (Å²) in [7, 11) is -8.70. The van der Waals surface area contributed by atoms with Gasteiger partial charge in [0, 0.05) is 11.1 Å². The highest BCUT2D eigenvalue weighted by atomic mass is 32.2. The quantitative estimate of drug-likeness (QED) is 0.801. The molecule has 7 nitrogen and oxygen atoms in total. The SMILES string of the molecule is CC1=Nc2ccc3ccc(S(=O)(=O)O)cc3c2C1(C)CS(=O)(=O)O. The maximum atomic E-state index is 11.5. The average Bonchev–Trinajstić information content (AvgIpc) is 2.67. The fraction of sp³-hybridized carbons (Fsp3) is 0.267. The minimum atomic E-state index is -4.40. The molecule has 0 aromatic heterocycles. The molecule has 0 saturated heterocycles. The van der Waals surface area contributed by atoms with Gasteiger partial charge in [-0.05, 0) is 48.4 Å². The lowest BCUT2D eigenvalue weighted by molar-refractivity contribution is 0.473. The van der Waals surface area contributed by atoms with Gasteiger partial charge in [0.05, 0.1) is 16.3 Å². The smallest absolute Gasteiger partial charge is 0.286 e. The van der Waals surface area contributed by atoms with Gasteiger partial charge in [-0.2, -0.15) is 16.8 Å². The van der Waals surface area contributed by atoms with Crippen molar-refractivity contribution in [1.82, 2.24) is 0 Å². The second kappa shape index (κ2) is 5.09. The fourth-order valence-electron chi connectivity index (χ4n) is 3.15. The van der Waals surface area contributed by atoms with Crippen LogP contribution in [0.1, 0.15) is 19.4 Å². The molecule has 2 aromatic rings. The van der Waals surface area contributed by atoms with Gasteiger partial charge in [-0.25, -0.2) is 0 Å². The summed E-state index contributed by atoms with van der Waals surface area (Å²) in [6.07, 6.45) is 0. The van der Waals surface area contributed by atoms with E-state index in [9.17, 15) is 25.9 Å². The van der Waals surface area contributed by atoms with Crippen LogP contribution >= 0.6 is 0 Å². The number of aliphatic imine (C=N–C) groups is 1. The number of nitrogens with zero attached hydrogens (tertiary/aromatic N) is 1. The van der Waals surface area contributed by atoms with E-state index >= 15 is 0 Å². The standard InChI is InChI=1S/C15H15NO6S2/c1-9-15(2,8-23(17,18)19)14-12-7-11(24(20,21)22)5-3-10(12)4-6-13(14)16-9/h3-7H,8H2,1-2H3,(H,17,18,19)(H,20,21,22). The molecule has 1 aliphatic heterocycles. The zero-order chi connectivity index (χ0) is 17.9. The van der Waals surface area contributed by atoms with Crippen LogP contribution in [0.15, 0.2) is 40.2 Å². The summed E-state index contributed by atoms with van der Waals surface area (Å²) in [5, 5.41) is 1.14. The van der Waals surface area contributed by atoms with Crippen LogP contribution < -0.4 is 0 Å². The van der Waals surface area contributed by atoms with Crippen molar-refractivity contribution in [1.29, 1.82) is 0 Å². The molecule has 1 aliphatic rings. The summed E-state index contributed by atoms with van der Waals surface area (Å²) in [4.78, 5) is 4.07. The van der Waals surface area contributed by atoms with E-state index in [4.69, 9.17) is 0 Å². The minimum Gasteiger partial charge on any atom is -0.286 e. The lowest BCUT2D eigenvalue weighted by Gasteiger charge is -2.26. The minimum absolute atomic E-state index is 0.290. The lowest BCUT2D eigenvalue weighted by Crippen LogP contribution is -2.36. The Bertz CT molecular complexity index is 1100. The van der Waals surface area contributed by atoms with Gasteiger partial charge in [0.25, 0.3) is 20.2 Å². The van der Waals surface area contributed by atoms with Gasteiger partial charge < -0.3 is 0 Å². The van der Waals surface area contributed by atoms with Gasteiger partial charge in [0.2, 0.25) is 0 Å². The third-order valence-corrected chi connectivity index (χ3v) is 6.17. The summed E-state index contributed by atoms with van der Waals surface area (Å²) in [5.74, 6) is -0.572. The van der Waals surface area contributed by atoms with Gasteiger partial charge >= 0.3 is 0 Å². The average molecular weight is 369 g/mol. The van der Waals surface area contributed by atoms with Crippen LogP contribution in [0.25, 0.3) is 10.8 Å². The molecule has 24 heavy (non-hydrogen) atoms. The van der Waals surface area contributed by atoms with E-state index in [1.165, 1.54) is 18.2 Å². The predicted octanol–water partition coefficient (Wildman–Crippen LogP) is 2.34. The maximum absolute atomic E-state index is 11.5. The van der Waals surface area contributed by atoms with Crippen LogP contribution in [0.5, 0.6) is 0 Å². The molecule has 0 aliphatic carbocycles. The number of benzene rings is 2. The van der Waals surface area contributed by atoms with Crippen LogP contribution in [0.4, 0.5) is 5.69 Å². The van der Waals surface area contributed by atoms with E-state index in [-0.39, 0.29) is 4.90 Å². The molecule has 0 amide bonds. The van der Waals surface area contributed by atoms with Crippen LogP contribution in [-0.4, -0.2) is 37.4 Å². The molecule has 1 unspecified atom stereocenters. The van der Waals surface area contributed by atoms with Crippen molar-refractivity contribution in [3.8, 4) is 0 Å². The van der Waals surface area contributed by atoms with Crippen molar-refractivity contribution < 1.29 is 25.9 Å². The molecule has 0 saturated carbocycles. The van der Waals surface area contributed by atoms with Crippen molar-refractivity contribution in [3.63, 3.8) is 0 Å². The molecule has 3 rings (SSSR count). The Morgan fingerprint density at radius 3 is 2.29 bits per heavy atom. The number of hydrogen-bond acceptors (Lipinski definition) is 5. The van der Waals surface area contributed by atoms with Crippen molar-refractivity contribution in [2.24, 2.45) is 4.99 Å². The molecule has 0 radical (unpaired) electrons. The lowest BCUT2D eigenvalue weighted by atomic mass is 9.79. The van der Waals surface area contributed by atoms with E-state index in [0.717, 1.165) is 0 Å². The first kappa shape index (κ1) is 17.0. The van der Waals surface area contributed by atoms with Crippen molar-refractivity contribution >= 4 is 42.4 Å². The van der Waals surface area contributed by atoms with E-state index in [1.807, 2.05) is 0 Å². The first-order valence-corrected chi connectivity index (χ1v) is 10.0. The van der Waals surface area contributed by atoms with Gasteiger partial charge in [-0.3, -0.25) is 14.1 Å². The van der Waals surface area contributed by atoms with Gasteiger partial charge in [-0.1, -0.05) is 12.1 Å². The van der Waals surface area contributed by atoms with Crippen molar-refractivity contribution in [2.45, 2.75) is 24.2 Å². The van der Waals surface area contributed by atoms with Crippen LogP contribution in [0.3, 0.4) is 0 Å². The zero-order valence-corrected chi connectivity index (χ0v) is 14.5. The summed E-state index contributed by atoms with van der Waals surface area (Å²) in [5.41, 5.74) is 0.430. The first-order chi connectivity index (χ1) is 10.9. The van der Waals surface area contributed by atoms with Gasteiger partial charge in [0.1, 0.15) is 0 Å². The highest BCUT2D eigenvalue weighted by molar-refractivity contribution is 7.86. The normalized spacial score (nSPS) is 20.9. The Morgan fingerprint density at radius 2 is 1.71 bits per heavy atom. The Kier molecular flexibility index (Phi) is 3.61. The molecular formula is C15H15NO6S2. The van der Waals surface area contributed by atoms with Crippen molar-refractivity contribution in [3.05, 3.63) is 35.9 Å². The third-order valence-electron chi connectivity index (χ3n) is 4.38. The van der Waals surface area contributed by atoms with E-state index in [0.29, 0.717) is 27.7 Å². The highest BCUT2D eigenvalue weighted by Crippen LogP contribution is 2.45. The maximum Gasteiger partial charge on any atom is 0.294 e. The van der Waals surface area contributed by atoms with Crippen LogP contribution in [0.2, 0.25) is 0 Å². The number of fused-ring (bicyclic) bond motifs is 3.